The van der Waals surface area contributed by atoms with Crippen LogP contribution in [0.2, 0.25) is 0 Å². The molecular formula is C16H17N3OS. The summed E-state index contributed by atoms with van der Waals surface area (Å²) in [5, 5.41) is 3.18. The number of rotatable bonds is 5. The van der Waals surface area contributed by atoms with Gasteiger partial charge in [0.05, 0.1) is 17.7 Å². The average Bonchev–Trinajstić information content (AvgIpc) is 3.14. The second kappa shape index (κ2) is 6.10. The molecule has 2 heterocycles. The fourth-order valence-corrected chi connectivity index (χ4v) is 2.97. The van der Waals surface area contributed by atoms with Gasteiger partial charge in [0.1, 0.15) is 0 Å². The van der Waals surface area contributed by atoms with Crippen molar-refractivity contribution in [1.82, 2.24) is 14.9 Å². The number of amides is 1. The maximum atomic E-state index is 12.2. The molecule has 0 unspecified atom stereocenters. The third-order valence-electron chi connectivity index (χ3n) is 3.59. The summed E-state index contributed by atoms with van der Waals surface area (Å²) in [4.78, 5) is 21.4. The summed E-state index contributed by atoms with van der Waals surface area (Å²) in [6, 6.07) is 8.17. The van der Waals surface area contributed by atoms with Crippen LogP contribution < -0.4 is 0 Å². The Hall–Kier alpha value is -2.14. The largest absolute Gasteiger partial charge is 0.361 e. The summed E-state index contributed by atoms with van der Waals surface area (Å²) in [6.07, 6.45) is 3.27. The fraction of sp³-hybridized carbons (Fsp3) is 0.250. The minimum Gasteiger partial charge on any atom is -0.361 e. The molecule has 0 spiro atoms. The molecule has 1 N–H and O–H groups in total. The molecule has 4 nitrogen and oxygen atoms in total. The van der Waals surface area contributed by atoms with Crippen molar-refractivity contribution in [2.75, 3.05) is 7.05 Å². The average molecular weight is 299 g/mol. The van der Waals surface area contributed by atoms with E-state index in [9.17, 15) is 4.79 Å². The first kappa shape index (κ1) is 13.8. The number of carbonyl (C=O) groups excluding carboxylic acids is 1. The molecule has 5 heteroatoms. The Balaban J connectivity index is 1.60. The summed E-state index contributed by atoms with van der Waals surface area (Å²) in [7, 11) is 1.83. The maximum Gasteiger partial charge on any atom is 0.222 e. The molecular weight excluding hydrogens is 282 g/mol. The number of hydrogen-bond donors (Lipinski definition) is 1. The van der Waals surface area contributed by atoms with E-state index in [1.165, 1.54) is 10.9 Å². The first-order valence-electron chi connectivity index (χ1n) is 6.90. The lowest BCUT2D eigenvalue weighted by atomic mass is 10.1. The van der Waals surface area contributed by atoms with E-state index in [4.69, 9.17) is 0 Å². The van der Waals surface area contributed by atoms with Crippen LogP contribution in [-0.4, -0.2) is 27.8 Å². The van der Waals surface area contributed by atoms with Gasteiger partial charge in [-0.25, -0.2) is 4.98 Å². The number of aromatic amines is 1. The molecule has 21 heavy (non-hydrogen) atoms. The number of hydrogen-bond acceptors (Lipinski definition) is 3. The molecule has 1 amide bonds. The molecule has 3 aromatic rings. The molecule has 108 valence electrons. The van der Waals surface area contributed by atoms with E-state index in [-0.39, 0.29) is 5.91 Å². The second-order valence-corrected chi connectivity index (χ2v) is 5.81. The highest BCUT2D eigenvalue weighted by Gasteiger charge is 2.11. The Labute approximate surface area is 127 Å². The molecule has 0 saturated carbocycles. The van der Waals surface area contributed by atoms with Gasteiger partial charge < -0.3 is 9.88 Å². The number of fused-ring (bicyclic) bond motifs is 1. The lowest BCUT2D eigenvalue weighted by Gasteiger charge is -2.15. The number of aryl methyl sites for hydroxylation is 1. The number of benzene rings is 1. The quantitative estimate of drug-likeness (QED) is 0.786. The zero-order valence-electron chi connectivity index (χ0n) is 11.9. The zero-order chi connectivity index (χ0) is 14.7. The summed E-state index contributed by atoms with van der Waals surface area (Å²) < 4.78 is 0. The number of nitrogens with zero attached hydrogens (tertiary/aromatic N) is 2. The summed E-state index contributed by atoms with van der Waals surface area (Å²) >= 11 is 1.55. The lowest BCUT2D eigenvalue weighted by molar-refractivity contribution is -0.130. The molecule has 0 saturated heterocycles. The van der Waals surface area contributed by atoms with E-state index < -0.39 is 0 Å². The maximum absolute atomic E-state index is 12.2. The molecule has 0 atom stereocenters. The first-order chi connectivity index (χ1) is 10.2. The van der Waals surface area contributed by atoms with Gasteiger partial charge in [-0.05, 0) is 18.1 Å². The number of thiazole rings is 1. The van der Waals surface area contributed by atoms with E-state index in [1.54, 1.807) is 21.7 Å². The Kier molecular flexibility index (Phi) is 4.01. The monoisotopic (exact) mass is 299 g/mol. The molecule has 0 aliphatic carbocycles. The number of carbonyl (C=O) groups is 1. The lowest BCUT2D eigenvalue weighted by Crippen LogP contribution is -2.26. The van der Waals surface area contributed by atoms with Gasteiger partial charge >= 0.3 is 0 Å². The van der Waals surface area contributed by atoms with Crippen molar-refractivity contribution in [2.24, 2.45) is 0 Å². The number of H-pyrrole nitrogens is 1. The van der Waals surface area contributed by atoms with Crippen molar-refractivity contribution in [2.45, 2.75) is 19.4 Å². The van der Waals surface area contributed by atoms with Crippen molar-refractivity contribution in [3.05, 3.63) is 52.6 Å². The Bertz CT molecular complexity index is 733. The van der Waals surface area contributed by atoms with Crippen molar-refractivity contribution in [1.29, 1.82) is 0 Å². The molecule has 0 bridgehead atoms. The van der Waals surface area contributed by atoms with Crippen LogP contribution in [0.3, 0.4) is 0 Å². The topological polar surface area (TPSA) is 49.0 Å². The van der Waals surface area contributed by atoms with Gasteiger partial charge in [-0.2, -0.15) is 0 Å². The van der Waals surface area contributed by atoms with E-state index in [0.29, 0.717) is 13.0 Å². The molecule has 2 aromatic heterocycles. The standard InChI is InChI=1S/C16H17N3OS/c1-19(9-13-10-21-11-18-13)16(20)7-6-12-8-17-15-5-3-2-4-14(12)15/h2-5,8,10-11,17H,6-7,9H2,1H3. The highest BCUT2D eigenvalue weighted by Crippen LogP contribution is 2.19. The molecule has 0 aliphatic heterocycles. The molecule has 0 fully saturated rings. The van der Waals surface area contributed by atoms with Crippen LogP contribution in [-0.2, 0) is 17.8 Å². The predicted octanol–water partition coefficient (Wildman–Crippen LogP) is 3.22. The van der Waals surface area contributed by atoms with E-state index in [2.05, 4.69) is 22.1 Å². The predicted molar refractivity (Wildman–Crippen MR) is 85.2 cm³/mol. The Morgan fingerprint density at radius 1 is 1.38 bits per heavy atom. The van der Waals surface area contributed by atoms with E-state index in [0.717, 1.165) is 17.6 Å². The van der Waals surface area contributed by atoms with Crippen molar-refractivity contribution in [3.8, 4) is 0 Å². The van der Waals surface area contributed by atoms with E-state index in [1.807, 2.05) is 30.8 Å². The van der Waals surface area contributed by atoms with Gasteiger partial charge in [0.15, 0.2) is 0 Å². The van der Waals surface area contributed by atoms with Gasteiger partial charge in [0.25, 0.3) is 0 Å². The van der Waals surface area contributed by atoms with Gasteiger partial charge in [0.2, 0.25) is 5.91 Å². The highest BCUT2D eigenvalue weighted by molar-refractivity contribution is 7.07. The van der Waals surface area contributed by atoms with Gasteiger partial charge in [0, 0.05) is 35.9 Å². The minimum absolute atomic E-state index is 0.147. The summed E-state index contributed by atoms with van der Waals surface area (Å²) in [5.41, 5.74) is 5.05. The molecule has 1 aromatic carbocycles. The van der Waals surface area contributed by atoms with Crippen LogP contribution in [0.5, 0.6) is 0 Å². The SMILES string of the molecule is CN(Cc1cscn1)C(=O)CCc1c[nH]c2ccccc12. The summed E-state index contributed by atoms with van der Waals surface area (Å²) in [6.45, 7) is 0.580. The minimum atomic E-state index is 0.147. The molecule has 3 rings (SSSR count). The van der Waals surface area contributed by atoms with Crippen molar-refractivity contribution < 1.29 is 4.79 Å². The summed E-state index contributed by atoms with van der Waals surface area (Å²) in [5.74, 6) is 0.147. The molecule has 0 aliphatic rings. The van der Waals surface area contributed by atoms with Crippen LogP contribution in [0, 0.1) is 0 Å². The van der Waals surface area contributed by atoms with Crippen LogP contribution in [0.25, 0.3) is 10.9 Å². The molecule has 0 radical (unpaired) electrons. The number of para-hydroxylation sites is 1. The van der Waals surface area contributed by atoms with Crippen LogP contribution in [0.1, 0.15) is 17.7 Å². The van der Waals surface area contributed by atoms with Gasteiger partial charge in [-0.1, -0.05) is 18.2 Å². The smallest absolute Gasteiger partial charge is 0.222 e. The van der Waals surface area contributed by atoms with E-state index >= 15 is 0 Å². The normalized spacial score (nSPS) is 10.9. The van der Waals surface area contributed by atoms with Crippen LogP contribution in [0.4, 0.5) is 0 Å². The Morgan fingerprint density at radius 2 is 2.24 bits per heavy atom. The second-order valence-electron chi connectivity index (χ2n) is 5.09. The third-order valence-corrected chi connectivity index (χ3v) is 4.23. The zero-order valence-corrected chi connectivity index (χ0v) is 12.7. The van der Waals surface area contributed by atoms with Crippen molar-refractivity contribution >= 4 is 28.1 Å². The van der Waals surface area contributed by atoms with Crippen LogP contribution in [0.15, 0.2) is 41.4 Å². The van der Waals surface area contributed by atoms with Crippen LogP contribution >= 0.6 is 11.3 Å². The fourth-order valence-electron chi connectivity index (χ4n) is 2.42. The van der Waals surface area contributed by atoms with Gasteiger partial charge in [-0.3, -0.25) is 4.79 Å². The third kappa shape index (κ3) is 3.13. The number of aromatic nitrogens is 2. The Morgan fingerprint density at radius 3 is 3.05 bits per heavy atom. The number of nitrogens with one attached hydrogen (secondary N) is 1. The highest BCUT2D eigenvalue weighted by atomic mass is 32.1. The van der Waals surface area contributed by atoms with Gasteiger partial charge in [-0.15, -0.1) is 11.3 Å². The van der Waals surface area contributed by atoms with Crippen molar-refractivity contribution in [3.63, 3.8) is 0 Å². The first-order valence-corrected chi connectivity index (χ1v) is 7.84.